The Morgan fingerprint density at radius 1 is 1.38 bits per heavy atom. The molecule has 0 radical (unpaired) electrons. The third-order valence-corrected chi connectivity index (χ3v) is 3.66. The molecule has 2 N–H and O–H groups in total. The van der Waals surface area contributed by atoms with Crippen LogP contribution in [0.2, 0.25) is 0 Å². The second-order valence-corrected chi connectivity index (χ2v) is 5.24. The molecule has 0 unspecified atom stereocenters. The smallest absolute Gasteiger partial charge is 0.104 e. The van der Waals surface area contributed by atoms with Crippen LogP contribution in [0.3, 0.4) is 0 Å². The first-order valence-electron chi connectivity index (χ1n) is 4.66. The van der Waals surface area contributed by atoms with Crippen LogP contribution in [0.5, 0.6) is 0 Å². The van der Waals surface area contributed by atoms with Gasteiger partial charge >= 0.3 is 0 Å². The molecule has 0 aliphatic heterocycles. The number of aryl methyl sites for hydroxylation is 1. The van der Waals surface area contributed by atoms with Crippen molar-refractivity contribution in [3.05, 3.63) is 40.8 Å². The molecule has 0 atom stereocenters. The van der Waals surface area contributed by atoms with Gasteiger partial charge in [-0.05, 0) is 40.5 Å². The summed E-state index contributed by atoms with van der Waals surface area (Å²) in [6.07, 6.45) is 5.16. The summed E-state index contributed by atoms with van der Waals surface area (Å²) in [5.41, 5.74) is 7.63. The fourth-order valence-corrected chi connectivity index (χ4v) is 2.50. The van der Waals surface area contributed by atoms with Gasteiger partial charge in [0.2, 0.25) is 0 Å². The van der Waals surface area contributed by atoms with E-state index in [1.807, 2.05) is 19.1 Å². The van der Waals surface area contributed by atoms with Crippen LogP contribution in [-0.4, -0.2) is 9.97 Å². The summed E-state index contributed by atoms with van der Waals surface area (Å²) in [6.45, 7) is 2.03. The van der Waals surface area contributed by atoms with Gasteiger partial charge in [0.05, 0.1) is 11.9 Å². The lowest BCUT2D eigenvalue weighted by Crippen LogP contribution is -1.91. The molecule has 0 saturated carbocycles. The SMILES string of the molecule is Cc1cc(Br)cnc1Sc1ccncc1N. The van der Waals surface area contributed by atoms with E-state index in [4.69, 9.17) is 5.73 Å². The van der Waals surface area contributed by atoms with Crippen LogP contribution in [0.1, 0.15) is 5.56 Å². The molecular weight excluding hydrogens is 286 g/mol. The molecule has 2 aromatic rings. The highest BCUT2D eigenvalue weighted by Crippen LogP contribution is 2.32. The monoisotopic (exact) mass is 295 g/mol. The van der Waals surface area contributed by atoms with E-state index < -0.39 is 0 Å². The van der Waals surface area contributed by atoms with Gasteiger partial charge in [0, 0.05) is 21.8 Å². The van der Waals surface area contributed by atoms with Crippen LogP contribution in [0.15, 0.2) is 45.1 Å². The number of pyridine rings is 2. The number of anilines is 1. The molecule has 0 saturated heterocycles. The van der Waals surface area contributed by atoms with Crippen molar-refractivity contribution in [1.29, 1.82) is 0 Å². The number of nitrogens with zero attached hydrogens (tertiary/aromatic N) is 2. The fourth-order valence-electron chi connectivity index (χ4n) is 1.23. The summed E-state index contributed by atoms with van der Waals surface area (Å²) in [4.78, 5) is 9.29. The molecule has 16 heavy (non-hydrogen) atoms. The largest absolute Gasteiger partial charge is 0.397 e. The molecule has 2 aromatic heterocycles. The maximum absolute atomic E-state index is 5.83. The summed E-state index contributed by atoms with van der Waals surface area (Å²) in [5, 5.41) is 0.959. The number of rotatable bonds is 2. The van der Waals surface area contributed by atoms with Gasteiger partial charge < -0.3 is 5.73 Å². The molecule has 2 heterocycles. The Kier molecular flexibility index (Phi) is 3.46. The zero-order chi connectivity index (χ0) is 11.5. The highest BCUT2D eigenvalue weighted by molar-refractivity contribution is 9.10. The molecule has 0 bridgehead atoms. The van der Waals surface area contributed by atoms with Gasteiger partial charge in [-0.15, -0.1) is 0 Å². The van der Waals surface area contributed by atoms with Gasteiger partial charge in [0.25, 0.3) is 0 Å². The average molecular weight is 296 g/mol. The molecule has 82 valence electrons. The van der Waals surface area contributed by atoms with Crippen molar-refractivity contribution in [2.24, 2.45) is 0 Å². The molecule has 0 fully saturated rings. The topological polar surface area (TPSA) is 51.8 Å². The van der Waals surface area contributed by atoms with Crippen LogP contribution in [0.4, 0.5) is 5.69 Å². The quantitative estimate of drug-likeness (QED) is 0.924. The van der Waals surface area contributed by atoms with Crippen molar-refractivity contribution in [2.75, 3.05) is 5.73 Å². The molecule has 0 aromatic carbocycles. The Labute approximate surface area is 107 Å². The number of hydrogen-bond acceptors (Lipinski definition) is 4. The number of halogens is 1. The first-order chi connectivity index (χ1) is 7.66. The number of nitrogens with two attached hydrogens (primary N) is 1. The molecule has 5 heteroatoms. The van der Waals surface area contributed by atoms with Crippen LogP contribution in [0.25, 0.3) is 0 Å². The Morgan fingerprint density at radius 2 is 2.19 bits per heavy atom. The van der Waals surface area contributed by atoms with E-state index in [0.29, 0.717) is 5.69 Å². The minimum atomic E-state index is 0.677. The van der Waals surface area contributed by atoms with Crippen molar-refractivity contribution in [3.63, 3.8) is 0 Å². The van der Waals surface area contributed by atoms with Gasteiger partial charge in [-0.2, -0.15) is 0 Å². The van der Waals surface area contributed by atoms with Crippen LogP contribution < -0.4 is 5.73 Å². The highest BCUT2D eigenvalue weighted by Gasteiger charge is 2.05. The van der Waals surface area contributed by atoms with Crippen molar-refractivity contribution in [1.82, 2.24) is 9.97 Å². The van der Waals surface area contributed by atoms with E-state index in [1.165, 1.54) is 0 Å². The van der Waals surface area contributed by atoms with Gasteiger partial charge in [0.15, 0.2) is 0 Å². The Hall–Kier alpha value is -1.07. The summed E-state index contributed by atoms with van der Waals surface area (Å²) in [5.74, 6) is 0. The van der Waals surface area contributed by atoms with Gasteiger partial charge in [-0.25, -0.2) is 4.98 Å². The van der Waals surface area contributed by atoms with Crippen molar-refractivity contribution < 1.29 is 0 Å². The summed E-state index contributed by atoms with van der Waals surface area (Å²) in [7, 11) is 0. The lowest BCUT2D eigenvalue weighted by molar-refractivity contribution is 1.07. The predicted molar refractivity (Wildman–Crippen MR) is 69.4 cm³/mol. The minimum Gasteiger partial charge on any atom is -0.397 e. The normalized spacial score (nSPS) is 10.4. The molecule has 0 spiro atoms. The Bertz CT molecular complexity index is 516. The van der Waals surface area contributed by atoms with E-state index >= 15 is 0 Å². The van der Waals surface area contributed by atoms with Gasteiger partial charge in [-0.3, -0.25) is 4.98 Å². The molecule has 3 nitrogen and oxygen atoms in total. The number of nitrogen functional groups attached to an aromatic ring is 1. The lowest BCUT2D eigenvalue weighted by Gasteiger charge is -2.06. The second kappa shape index (κ2) is 4.84. The summed E-state index contributed by atoms with van der Waals surface area (Å²) >= 11 is 4.94. The number of aromatic nitrogens is 2. The molecule has 2 rings (SSSR count). The molecule has 0 aliphatic carbocycles. The van der Waals surface area contributed by atoms with E-state index in [0.717, 1.165) is 20.0 Å². The second-order valence-electron chi connectivity index (χ2n) is 3.29. The standard InChI is InChI=1S/C11H10BrN3S/c1-7-4-8(12)5-15-11(7)16-10-2-3-14-6-9(10)13/h2-6H,13H2,1H3. The van der Waals surface area contributed by atoms with E-state index in [1.54, 1.807) is 30.4 Å². The maximum Gasteiger partial charge on any atom is 0.104 e. The highest BCUT2D eigenvalue weighted by atomic mass is 79.9. The van der Waals surface area contributed by atoms with Crippen molar-refractivity contribution in [3.8, 4) is 0 Å². The van der Waals surface area contributed by atoms with E-state index in [9.17, 15) is 0 Å². The Morgan fingerprint density at radius 3 is 2.88 bits per heavy atom. The zero-order valence-electron chi connectivity index (χ0n) is 8.64. The maximum atomic E-state index is 5.83. The first-order valence-corrected chi connectivity index (χ1v) is 6.27. The minimum absolute atomic E-state index is 0.677. The van der Waals surface area contributed by atoms with E-state index in [2.05, 4.69) is 25.9 Å². The average Bonchev–Trinajstić information content (AvgIpc) is 2.25. The van der Waals surface area contributed by atoms with E-state index in [-0.39, 0.29) is 0 Å². The number of hydrogen-bond donors (Lipinski definition) is 1. The lowest BCUT2D eigenvalue weighted by atomic mass is 10.3. The zero-order valence-corrected chi connectivity index (χ0v) is 11.0. The fraction of sp³-hybridized carbons (Fsp3) is 0.0909. The predicted octanol–water partition coefficient (Wildman–Crippen LogP) is 3.28. The molecule has 0 amide bonds. The molecule has 0 aliphatic rings. The first kappa shape index (κ1) is 11.4. The van der Waals surface area contributed by atoms with Gasteiger partial charge in [0.1, 0.15) is 5.03 Å². The third kappa shape index (κ3) is 2.54. The summed E-state index contributed by atoms with van der Waals surface area (Å²) < 4.78 is 0.983. The Balaban J connectivity index is 2.31. The van der Waals surface area contributed by atoms with Crippen LogP contribution in [0, 0.1) is 6.92 Å². The van der Waals surface area contributed by atoms with Crippen LogP contribution in [-0.2, 0) is 0 Å². The molecular formula is C11H10BrN3S. The third-order valence-electron chi connectivity index (χ3n) is 2.01. The van der Waals surface area contributed by atoms with Crippen molar-refractivity contribution >= 4 is 33.4 Å². The van der Waals surface area contributed by atoms with Crippen LogP contribution >= 0.6 is 27.7 Å². The van der Waals surface area contributed by atoms with Gasteiger partial charge in [-0.1, -0.05) is 11.8 Å². The summed E-state index contributed by atoms with van der Waals surface area (Å²) in [6, 6.07) is 3.93. The van der Waals surface area contributed by atoms with Crippen molar-refractivity contribution in [2.45, 2.75) is 16.8 Å².